The summed E-state index contributed by atoms with van der Waals surface area (Å²) in [5.41, 5.74) is 7.07. The molecule has 0 aliphatic rings. The van der Waals surface area contributed by atoms with Gasteiger partial charge in [-0.3, -0.25) is 0 Å². The lowest BCUT2D eigenvalue weighted by Gasteiger charge is -2.17. The number of hydrogen-bond donors (Lipinski definition) is 1. The third kappa shape index (κ3) is 5.52. The van der Waals surface area contributed by atoms with Crippen molar-refractivity contribution < 1.29 is 9.47 Å². The number of nitrogens with two attached hydrogens (primary N) is 1. The molecule has 0 amide bonds. The van der Waals surface area contributed by atoms with Crippen LogP contribution in [0.15, 0.2) is 18.2 Å². The molecule has 0 aromatic heterocycles. The van der Waals surface area contributed by atoms with Crippen LogP contribution >= 0.6 is 0 Å². The fraction of sp³-hybridized carbons (Fsp3) is 0.625. The summed E-state index contributed by atoms with van der Waals surface area (Å²) in [5.74, 6) is 2.41. The SMILES string of the molecule is CCOc1ccc(OCC)c(CC(C)CC(C)N)c1. The number of rotatable bonds is 8. The Morgan fingerprint density at radius 3 is 2.37 bits per heavy atom. The van der Waals surface area contributed by atoms with Gasteiger partial charge in [-0.05, 0) is 63.3 Å². The van der Waals surface area contributed by atoms with E-state index in [1.807, 2.05) is 26.0 Å². The topological polar surface area (TPSA) is 44.5 Å². The number of hydrogen-bond acceptors (Lipinski definition) is 3. The Bertz CT molecular complexity index is 377. The zero-order valence-electron chi connectivity index (χ0n) is 12.6. The normalized spacial score (nSPS) is 13.9. The fourth-order valence-electron chi connectivity index (χ4n) is 2.36. The first-order valence-corrected chi connectivity index (χ1v) is 7.20. The summed E-state index contributed by atoms with van der Waals surface area (Å²) in [6.07, 6.45) is 1.99. The van der Waals surface area contributed by atoms with Gasteiger partial charge in [0.25, 0.3) is 0 Å². The molecular formula is C16H27NO2. The summed E-state index contributed by atoms with van der Waals surface area (Å²) in [6.45, 7) is 9.65. The predicted octanol–water partition coefficient (Wildman–Crippen LogP) is 3.40. The summed E-state index contributed by atoms with van der Waals surface area (Å²) in [4.78, 5) is 0. The van der Waals surface area contributed by atoms with Crippen LogP contribution in [0.2, 0.25) is 0 Å². The van der Waals surface area contributed by atoms with Gasteiger partial charge in [0.2, 0.25) is 0 Å². The van der Waals surface area contributed by atoms with Gasteiger partial charge in [-0.25, -0.2) is 0 Å². The van der Waals surface area contributed by atoms with Gasteiger partial charge in [0.15, 0.2) is 0 Å². The summed E-state index contributed by atoms with van der Waals surface area (Å²) >= 11 is 0. The maximum absolute atomic E-state index is 5.87. The monoisotopic (exact) mass is 265 g/mol. The van der Waals surface area contributed by atoms with E-state index in [-0.39, 0.29) is 6.04 Å². The average Bonchev–Trinajstić information content (AvgIpc) is 2.32. The minimum Gasteiger partial charge on any atom is -0.494 e. The van der Waals surface area contributed by atoms with Crippen molar-refractivity contribution in [2.45, 2.75) is 46.6 Å². The van der Waals surface area contributed by atoms with E-state index in [1.54, 1.807) is 0 Å². The standard InChI is InChI=1S/C16H27NO2/c1-5-18-15-7-8-16(19-6-2)14(11-15)10-12(3)9-13(4)17/h7-8,11-13H,5-6,9-10,17H2,1-4H3. The van der Waals surface area contributed by atoms with Crippen molar-refractivity contribution in [2.75, 3.05) is 13.2 Å². The van der Waals surface area contributed by atoms with Gasteiger partial charge >= 0.3 is 0 Å². The molecule has 0 saturated carbocycles. The van der Waals surface area contributed by atoms with Crippen LogP contribution in [0, 0.1) is 5.92 Å². The third-order valence-electron chi connectivity index (χ3n) is 2.99. The van der Waals surface area contributed by atoms with Crippen molar-refractivity contribution in [3.63, 3.8) is 0 Å². The average molecular weight is 265 g/mol. The Labute approximate surface area is 117 Å². The molecule has 1 aromatic rings. The maximum Gasteiger partial charge on any atom is 0.122 e. The quantitative estimate of drug-likeness (QED) is 0.783. The number of ether oxygens (including phenoxy) is 2. The van der Waals surface area contributed by atoms with Gasteiger partial charge in [-0.15, -0.1) is 0 Å². The second-order valence-corrected chi connectivity index (χ2v) is 5.16. The van der Waals surface area contributed by atoms with Crippen molar-refractivity contribution in [3.05, 3.63) is 23.8 Å². The Morgan fingerprint density at radius 1 is 1.11 bits per heavy atom. The van der Waals surface area contributed by atoms with Crippen molar-refractivity contribution in [1.82, 2.24) is 0 Å². The van der Waals surface area contributed by atoms with Gasteiger partial charge in [0, 0.05) is 6.04 Å². The van der Waals surface area contributed by atoms with E-state index in [2.05, 4.69) is 19.9 Å². The van der Waals surface area contributed by atoms with Crippen LogP contribution in [0.1, 0.15) is 39.7 Å². The molecular weight excluding hydrogens is 238 g/mol. The van der Waals surface area contributed by atoms with Crippen molar-refractivity contribution in [3.8, 4) is 11.5 Å². The van der Waals surface area contributed by atoms with E-state index in [4.69, 9.17) is 15.2 Å². The van der Waals surface area contributed by atoms with E-state index in [0.717, 1.165) is 24.3 Å². The van der Waals surface area contributed by atoms with Crippen LogP contribution in [0.3, 0.4) is 0 Å². The molecule has 0 spiro atoms. The van der Waals surface area contributed by atoms with Crippen LogP contribution in [0.4, 0.5) is 0 Å². The van der Waals surface area contributed by atoms with Crippen molar-refractivity contribution in [2.24, 2.45) is 11.7 Å². The first kappa shape index (κ1) is 15.8. The van der Waals surface area contributed by atoms with Crippen LogP contribution in [0.5, 0.6) is 11.5 Å². The molecule has 1 aromatic carbocycles. The molecule has 2 N–H and O–H groups in total. The molecule has 3 nitrogen and oxygen atoms in total. The van der Waals surface area contributed by atoms with Crippen LogP contribution in [0.25, 0.3) is 0 Å². The predicted molar refractivity (Wildman–Crippen MR) is 79.9 cm³/mol. The second kappa shape index (κ2) is 8.05. The molecule has 108 valence electrons. The summed E-state index contributed by atoms with van der Waals surface area (Å²) in [6, 6.07) is 6.30. The Kier molecular flexibility index (Phi) is 6.71. The Morgan fingerprint density at radius 2 is 1.79 bits per heavy atom. The second-order valence-electron chi connectivity index (χ2n) is 5.16. The highest BCUT2D eigenvalue weighted by Crippen LogP contribution is 2.27. The van der Waals surface area contributed by atoms with Crippen molar-refractivity contribution >= 4 is 0 Å². The first-order valence-electron chi connectivity index (χ1n) is 7.20. The molecule has 3 heteroatoms. The molecule has 0 saturated heterocycles. The molecule has 0 heterocycles. The van der Waals surface area contributed by atoms with E-state index in [9.17, 15) is 0 Å². The van der Waals surface area contributed by atoms with Crippen LogP contribution in [-0.4, -0.2) is 19.3 Å². The van der Waals surface area contributed by atoms with Gasteiger partial charge in [0.05, 0.1) is 13.2 Å². The fourth-order valence-corrected chi connectivity index (χ4v) is 2.36. The maximum atomic E-state index is 5.87. The zero-order valence-corrected chi connectivity index (χ0v) is 12.6. The number of benzene rings is 1. The largest absolute Gasteiger partial charge is 0.494 e. The molecule has 1 rings (SSSR count). The highest BCUT2D eigenvalue weighted by atomic mass is 16.5. The van der Waals surface area contributed by atoms with E-state index in [1.165, 1.54) is 5.56 Å². The van der Waals surface area contributed by atoms with E-state index in [0.29, 0.717) is 19.1 Å². The molecule has 19 heavy (non-hydrogen) atoms. The lowest BCUT2D eigenvalue weighted by molar-refractivity contribution is 0.325. The summed E-state index contributed by atoms with van der Waals surface area (Å²) < 4.78 is 11.3. The summed E-state index contributed by atoms with van der Waals surface area (Å²) in [5, 5.41) is 0. The van der Waals surface area contributed by atoms with Gasteiger partial charge in [-0.1, -0.05) is 6.92 Å². The molecule has 0 radical (unpaired) electrons. The highest BCUT2D eigenvalue weighted by Gasteiger charge is 2.12. The molecule has 0 bridgehead atoms. The lowest BCUT2D eigenvalue weighted by Crippen LogP contribution is -2.19. The molecule has 0 fully saturated rings. The smallest absolute Gasteiger partial charge is 0.122 e. The lowest BCUT2D eigenvalue weighted by atomic mass is 9.94. The van der Waals surface area contributed by atoms with Crippen molar-refractivity contribution in [1.29, 1.82) is 0 Å². The highest BCUT2D eigenvalue weighted by molar-refractivity contribution is 5.40. The Hall–Kier alpha value is -1.22. The molecule has 2 unspecified atom stereocenters. The first-order chi connectivity index (χ1) is 9.06. The van der Waals surface area contributed by atoms with Crippen LogP contribution < -0.4 is 15.2 Å². The third-order valence-corrected chi connectivity index (χ3v) is 2.99. The summed E-state index contributed by atoms with van der Waals surface area (Å²) in [7, 11) is 0. The molecule has 0 aliphatic carbocycles. The minimum absolute atomic E-state index is 0.237. The van der Waals surface area contributed by atoms with Crippen LogP contribution in [-0.2, 0) is 6.42 Å². The van der Waals surface area contributed by atoms with Gasteiger partial charge < -0.3 is 15.2 Å². The van der Waals surface area contributed by atoms with Gasteiger partial charge in [-0.2, -0.15) is 0 Å². The van der Waals surface area contributed by atoms with E-state index < -0.39 is 0 Å². The molecule has 2 atom stereocenters. The molecule has 0 aliphatic heterocycles. The minimum atomic E-state index is 0.237. The zero-order chi connectivity index (χ0) is 14.3. The Balaban J connectivity index is 2.83. The van der Waals surface area contributed by atoms with E-state index >= 15 is 0 Å². The van der Waals surface area contributed by atoms with Gasteiger partial charge in [0.1, 0.15) is 11.5 Å².